The molecule has 1 saturated heterocycles. The van der Waals surface area contributed by atoms with Crippen LogP contribution >= 0.6 is 24.0 Å². The highest BCUT2D eigenvalue weighted by atomic mass is 127. The maximum Gasteiger partial charge on any atom is 0.191 e. The van der Waals surface area contributed by atoms with E-state index in [4.69, 9.17) is 14.5 Å². The van der Waals surface area contributed by atoms with E-state index in [2.05, 4.69) is 31.4 Å². The Labute approximate surface area is 163 Å². The van der Waals surface area contributed by atoms with Crippen LogP contribution in [0.2, 0.25) is 0 Å². The zero-order valence-corrected chi connectivity index (χ0v) is 17.7. The van der Waals surface area contributed by atoms with Crippen molar-refractivity contribution in [3.05, 3.63) is 0 Å². The number of nitrogens with zero attached hydrogens (tertiary/aromatic N) is 1. The van der Waals surface area contributed by atoms with Crippen molar-refractivity contribution in [1.82, 2.24) is 10.6 Å². The lowest BCUT2D eigenvalue weighted by Crippen LogP contribution is -2.67. The Morgan fingerprint density at radius 3 is 2.79 bits per heavy atom. The first-order valence-electron chi connectivity index (χ1n) is 9.37. The molecule has 140 valence electrons. The fourth-order valence-corrected chi connectivity index (χ4v) is 3.98. The summed E-state index contributed by atoms with van der Waals surface area (Å²) in [7, 11) is 0. The Kier molecular flexibility index (Phi) is 7.61. The van der Waals surface area contributed by atoms with Gasteiger partial charge in [-0.15, -0.1) is 24.0 Å². The number of guanidine groups is 1. The van der Waals surface area contributed by atoms with Gasteiger partial charge < -0.3 is 20.1 Å². The zero-order chi connectivity index (χ0) is 16.3. The van der Waals surface area contributed by atoms with Gasteiger partial charge in [0, 0.05) is 50.3 Å². The highest BCUT2D eigenvalue weighted by Gasteiger charge is 2.59. The van der Waals surface area contributed by atoms with Gasteiger partial charge in [-0.1, -0.05) is 13.8 Å². The molecule has 3 rings (SSSR count). The number of hydrogen-bond donors (Lipinski definition) is 2. The molecule has 2 saturated carbocycles. The molecule has 24 heavy (non-hydrogen) atoms. The molecular formula is C18H34IN3O2. The van der Waals surface area contributed by atoms with Gasteiger partial charge in [0.1, 0.15) is 0 Å². The highest BCUT2D eigenvalue weighted by molar-refractivity contribution is 14.0. The maximum absolute atomic E-state index is 5.87. The summed E-state index contributed by atoms with van der Waals surface area (Å²) in [5.74, 6) is 2.42. The largest absolute Gasteiger partial charge is 0.381 e. The van der Waals surface area contributed by atoms with Crippen molar-refractivity contribution in [1.29, 1.82) is 0 Å². The normalized spacial score (nSPS) is 31.0. The number of halogens is 1. The second-order valence-electron chi connectivity index (χ2n) is 7.82. The molecule has 0 bridgehead atoms. The zero-order valence-electron chi connectivity index (χ0n) is 15.3. The topological polar surface area (TPSA) is 54.9 Å². The van der Waals surface area contributed by atoms with Crippen LogP contribution in [-0.2, 0) is 9.47 Å². The summed E-state index contributed by atoms with van der Waals surface area (Å²) in [5, 5.41) is 7.03. The first-order chi connectivity index (χ1) is 11.1. The minimum atomic E-state index is 0. The first kappa shape index (κ1) is 20.2. The van der Waals surface area contributed by atoms with Gasteiger partial charge in [-0.25, -0.2) is 0 Å². The third-order valence-corrected chi connectivity index (χ3v) is 5.50. The molecule has 3 fully saturated rings. The van der Waals surface area contributed by atoms with Gasteiger partial charge in [-0.3, -0.25) is 4.99 Å². The molecule has 0 aromatic rings. The molecule has 6 heteroatoms. The second kappa shape index (κ2) is 9.03. The molecule has 0 aromatic carbocycles. The Hall–Kier alpha value is -0.0800. The summed E-state index contributed by atoms with van der Waals surface area (Å²) in [6.07, 6.45) is 5.29. The van der Waals surface area contributed by atoms with Crippen molar-refractivity contribution in [3.63, 3.8) is 0 Å². The van der Waals surface area contributed by atoms with Gasteiger partial charge in [-0.2, -0.15) is 0 Å². The van der Waals surface area contributed by atoms with E-state index >= 15 is 0 Å². The number of ether oxygens (including phenoxy) is 2. The fourth-order valence-electron chi connectivity index (χ4n) is 3.98. The molecule has 3 aliphatic rings. The number of hydrogen-bond acceptors (Lipinski definition) is 3. The summed E-state index contributed by atoms with van der Waals surface area (Å²) < 4.78 is 11.5. The Bertz CT molecular complexity index is 426. The maximum atomic E-state index is 5.87. The summed E-state index contributed by atoms with van der Waals surface area (Å²) in [6.45, 7) is 11.1. The third kappa shape index (κ3) is 4.75. The molecule has 1 aliphatic heterocycles. The van der Waals surface area contributed by atoms with E-state index in [1.54, 1.807) is 0 Å². The average Bonchev–Trinajstić information content (AvgIpc) is 3.23. The lowest BCUT2D eigenvalue weighted by Gasteiger charge is -2.54. The molecule has 0 radical (unpaired) electrons. The Morgan fingerprint density at radius 1 is 1.29 bits per heavy atom. The summed E-state index contributed by atoms with van der Waals surface area (Å²) in [4.78, 5) is 4.72. The first-order valence-corrected chi connectivity index (χ1v) is 9.37. The minimum Gasteiger partial charge on any atom is -0.381 e. The lowest BCUT2D eigenvalue weighted by molar-refractivity contribution is -0.106. The van der Waals surface area contributed by atoms with Crippen molar-refractivity contribution in [3.8, 4) is 0 Å². The van der Waals surface area contributed by atoms with Crippen molar-refractivity contribution >= 4 is 29.9 Å². The van der Waals surface area contributed by atoms with Crippen molar-refractivity contribution in [2.45, 2.75) is 58.6 Å². The van der Waals surface area contributed by atoms with Gasteiger partial charge in [0.25, 0.3) is 0 Å². The van der Waals surface area contributed by atoms with Gasteiger partial charge in [0.15, 0.2) is 5.96 Å². The van der Waals surface area contributed by atoms with E-state index in [0.29, 0.717) is 18.1 Å². The van der Waals surface area contributed by atoms with Crippen LogP contribution in [0.1, 0.15) is 46.5 Å². The molecule has 0 spiro atoms. The van der Waals surface area contributed by atoms with Gasteiger partial charge >= 0.3 is 0 Å². The molecule has 0 aromatic heterocycles. The monoisotopic (exact) mass is 451 g/mol. The van der Waals surface area contributed by atoms with E-state index in [-0.39, 0.29) is 29.4 Å². The molecule has 0 amide bonds. The molecule has 3 atom stereocenters. The van der Waals surface area contributed by atoms with Crippen LogP contribution in [0.5, 0.6) is 0 Å². The predicted molar refractivity (Wildman–Crippen MR) is 108 cm³/mol. The summed E-state index contributed by atoms with van der Waals surface area (Å²) in [5.41, 5.74) is 0.185. The van der Waals surface area contributed by atoms with E-state index in [1.165, 1.54) is 19.3 Å². The van der Waals surface area contributed by atoms with Crippen LogP contribution in [-0.4, -0.2) is 51.0 Å². The van der Waals surface area contributed by atoms with Crippen LogP contribution in [0, 0.1) is 17.3 Å². The second-order valence-corrected chi connectivity index (χ2v) is 7.82. The number of fused-ring (bicyclic) bond motifs is 1. The van der Waals surface area contributed by atoms with E-state index < -0.39 is 0 Å². The molecule has 5 nitrogen and oxygen atoms in total. The molecule has 2 N–H and O–H groups in total. The van der Waals surface area contributed by atoms with Gasteiger partial charge in [0.2, 0.25) is 0 Å². The number of nitrogens with one attached hydrogen (secondary N) is 2. The number of rotatable bonds is 8. The van der Waals surface area contributed by atoms with Crippen LogP contribution in [0.4, 0.5) is 0 Å². The van der Waals surface area contributed by atoms with E-state index in [1.807, 2.05) is 0 Å². The quantitative estimate of drug-likeness (QED) is 0.258. The molecular weight excluding hydrogens is 417 g/mol. The van der Waals surface area contributed by atoms with Crippen molar-refractivity contribution in [2.75, 3.05) is 32.9 Å². The Balaban J connectivity index is 0.00000208. The summed E-state index contributed by atoms with van der Waals surface area (Å²) >= 11 is 0. The van der Waals surface area contributed by atoms with Crippen LogP contribution in [0.25, 0.3) is 0 Å². The molecule has 3 unspecified atom stereocenters. The molecule has 1 heterocycles. The number of aliphatic imine (C=N–C) groups is 1. The van der Waals surface area contributed by atoms with E-state index in [0.717, 1.165) is 51.2 Å². The standard InChI is InChI=1S/C18H33N3O2.HI/c1-4-19-17(20-9-5-10-22-12-13-6-7-13)21-15-14-8-11-23-16(14)18(15,2)3;/h13-16H,4-12H2,1-3H3,(H2,19,20,21);1H. The fraction of sp³-hybridized carbons (Fsp3) is 0.944. The van der Waals surface area contributed by atoms with Gasteiger partial charge in [0.05, 0.1) is 6.10 Å². The van der Waals surface area contributed by atoms with Crippen LogP contribution < -0.4 is 10.6 Å². The van der Waals surface area contributed by atoms with Gasteiger partial charge in [-0.05, 0) is 38.5 Å². The van der Waals surface area contributed by atoms with Crippen LogP contribution in [0.15, 0.2) is 4.99 Å². The Morgan fingerprint density at radius 2 is 2.08 bits per heavy atom. The SMILES string of the molecule is CCNC(=NCCCOCC1CC1)NC1C2CCOC2C1(C)C.I. The average molecular weight is 451 g/mol. The van der Waals surface area contributed by atoms with Crippen molar-refractivity contribution < 1.29 is 9.47 Å². The molecule has 2 aliphatic carbocycles. The van der Waals surface area contributed by atoms with Crippen LogP contribution in [0.3, 0.4) is 0 Å². The predicted octanol–water partition coefficient (Wildman–Crippen LogP) is 2.79. The smallest absolute Gasteiger partial charge is 0.191 e. The minimum absolute atomic E-state index is 0. The third-order valence-electron chi connectivity index (χ3n) is 5.50. The summed E-state index contributed by atoms with van der Waals surface area (Å²) in [6, 6.07) is 0.457. The highest BCUT2D eigenvalue weighted by Crippen LogP contribution is 2.52. The lowest BCUT2D eigenvalue weighted by atomic mass is 9.57. The van der Waals surface area contributed by atoms with E-state index in [9.17, 15) is 0 Å². The van der Waals surface area contributed by atoms with Crippen molar-refractivity contribution in [2.24, 2.45) is 22.2 Å².